The summed E-state index contributed by atoms with van der Waals surface area (Å²) in [6, 6.07) is 9.42. The Hall–Kier alpha value is -2.36. The number of aromatic amines is 1. The number of carbonyl (C=O) groups excluding carboxylic acids is 2. The number of amides is 1. The van der Waals surface area contributed by atoms with Gasteiger partial charge in [-0.1, -0.05) is 25.5 Å². The number of carbonyl (C=O) groups is 2. The van der Waals surface area contributed by atoms with E-state index in [0.717, 1.165) is 12.1 Å². The van der Waals surface area contributed by atoms with E-state index in [1.165, 1.54) is 25.3 Å². The molecule has 0 fully saturated rings. The van der Waals surface area contributed by atoms with E-state index in [9.17, 15) is 9.59 Å². The number of unbranched alkanes of at least 4 members (excludes halogenated alkanes) is 1. The van der Waals surface area contributed by atoms with E-state index in [4.69, 9.17) is 0 Å². The molecule has 2 N–H and O–H groups in total. The fraction of sp³-hybridized carbons (Fsp3) is 0.294. The Balaban J connectivity index is 2.00. The number of aromatic nitrogens is 1. The molecular weight excluding hydrogens is 264 g/mol. The molecule has 0 bridgehead atoms. The van der Waals surface area contributed by atoms with Crippen LogP contribution >= 0.6 is 0 Å². The number of hydrogen-bond acceptors (Lipinski definition) is 2. The van der Waals surface area contributed by atoms with Crippen molar-refractivity contribution in [1.29, 1.82) is 0 Å². The molecule has 2 aromatic rings. The lowest BCUT2D eigenvalue weighted by molar-refractivity contribution is 0.101. The molecule has 0 aliphatic carbocycles. The first-order valence-corrected chi connectivity index (χ1v) is 7.19. The molecule has 110 valence electrons. The van der Waals surface area contributed by atoms with Crippen molar-refractivity contribution in [3.63, 3.8) is 0 Å². The highest BCUT2D eigenvalue weighted by Gasteiger charge is 2.10. The van der Waals surface area contributed by atoms with E-state index in [1.807, 2.05) is 24.3 Å². The molecule has 4 heteroatoms. The predicted molar refractivity (Wildman–Crippen MR) is 83.8 cm³/mol. The number of H-pyrrole nitrogens is 1. The predicted octanol–water partition coefficient (Wildman–Crippen LogP) is 3.81. The molecule has 0 spiro atoms. The lowest BCUT2D eigenvalue weighted by Crippen LogP contribution is -2.12. The zero-order valence-corrected chi connectivity index (χ0v) is 12.4. The van der Waals surface area contributed by atoms with Crippen molar-refractivity contribution >= 4 is 17.4 Å². The molecule has 0 saturated carbocycles. The monoisotopic (exact) mass is 284 g/mol. The summed E-state index contributed by atoms with van der Waals surface area (Å²) in [6.45, 7) is 3.64. The summed E-state index contributed by atoms with van der Waals surface area (Å²) in [7, 11) is 0. The van der Waals surface area contributed by atoms with Gasteiger partial charge < -0.3 is 10.3 Å². The van der Waals surface area contributed by atoms with Crippen LogP contribution in [0.25, 0.3) is 0 Å². The van der Waals surface area contributed by atoms with Gasteiger partial charge in [0, 0.05) is 17.4 Å². The van der Waals surface area contributed by atoms with Gasteiger partial charge in [0.1, 0.15) is 5.69 Å². The third-order valence-electron chi connectivity index (χ3n) is 3.36. The van der Waals surface area contributed by atoms with Crippen LogP contribution in [0.5, 0.6) is 0 Å². The third kappa shape index (κ3) is 4.05. The number of anilines is 1. The molecule has 21 heavy (non-hydrogen) atoms. The van der Waals surface area contributed by atoms with E-state index < -0.39 is 0 Å². The Kier molecular flexibility index (Phi) is 4.93. The van der Waals surface area contributed by atoms with Crippen molar-refractivity contribution in [3.05, 3.63) is 53.3 Å². The minimum absolute atomic E-state index is 0.0643. The maximum absolute atomic E-state index is 12.1. The number of ketones is 1. The highest BCUT2D eigenvalue weighted by atomic mass is 16.2. The van der Waals surface area contributed by atoms with Gasteiger partial charge in [0.15, 0.2) is 5.78 Å². The fourth-order valence-corrected chi connectivity index (χ4v) is 2.06. The summed E-state index contributed by atoms with van der Waals surface area (Å²) in [5, 5.41) is 2.81. The number of Topliss-reactive ketones (excluding diaryl/α,β-unsaturated/α-hetero) is 1. The number of hydrogen-bond donors (Lipinski definition) is 2. The van der Waals surface area contributed by atoms with Gasteiger partial charge in [0.05, 0.1) is 0 Å². The highest BCUT2D eigenvalue weighted by Crippen LogP contribution is 2.13. The highest BCUT2D eigenvalue weighted by molar-refractivity contribution is 6.05. The van der Waals surface area contributed by atoms with Crippen LogP contribution in [0.3, 0.4) is 0 Å². The molecule has 1 heterocycles. The van der Waals surface area contributed by atoms with Crippen LogP contribution in [0.1, 0.15) is 53.1 Å². The van der Waals surface area contributed by atoms with E-state index >= 15 is 0 Å². The Labute approximate surface area is 124 Å². The minimum atomic E-state index is -0.246. The van der Waals surface area contributed by atoms with E-state index in [0.29, 0.717) is 11.3 Å². The van der Waals surface area contributed by atoms with Crippen LogP contribution in [0, 0.1) is 0 Å². The topological polar surface area (TPSA) is 62.0 Å². The average Bonchev–Trinajstić information content (AvgIpc) is 2.97. The van der Waals surface area contributed by atoms with Gasteiger partial charge >= 0.3 is 0 Å². The second kappa shape index (κ2) is 6.88. The number of benzene rings is 1. The maximum atomic E-state index is 12.1. The second-order valence-electron chi connectivity index (χ2n) is 5.11. The first-order chi connectivity index (χ1) is 10.1. The number of nitrogens with one attached hydrogen (secondary N) is 2. The first-order valence-electron chi connectivity index (χ1n) is 7.19. The molecule has 0 saturated heterocycles. The van der Waals surface area contributed by atoms with E-state index in [2.05, 4.69) is 17.2 Å². The average molecular weight is 284 g/mol. The molecule has 0 aliphatic heterocycles. The number of aryl methyl sites for hydroxylation is 1. The number of rotatable bonds is 6. The van der Waals surface area contributed by atoms with Crippen LogP contribution in [-0.2, 0) is 6.42 Å². The van der Waals surface area contributed by atoms with Gasteiger partial charge in [-0.3, -0.25) is 9.59 Å². The molecule has 0 radical (unpaired) electrons. The van der Waals surface area contributed by atoms with Crippen molar-refractivity contribution in [2.75, 3.05) is 5.32 Å². The van der Waals surface area contributed by atoms with Crippen molar-refractivity contribution in [1.82, 2.24) is 4.98 Å². The molecule has 0 aliphatic rings. The van der Waals surface area contributed by atoms with Crippen molar-refractivity contribution in [3.8, 4) is 0 Å². The zero-order chi connectivity index (χ0) is 15.2. The molecular formula is C17H20N2O2. The first kappa shape index (κ1) is 15.0. The van der Waals surface area contributed by atoms with Crippen LogP contribution in [0.4, 0.5) is 5.69 Å². The lowest BCUT2D eigenvalue weighted by atomic mass is 10.1. The summed E-state index contributed by atoms with van der Waals surface area (Å²) < 4.78 is 0. The quantitative estimate of drug-likeness (QED) is 0.792. The summed E-state index contributed by atoms with van der Waals surface area (Å²) >= 11 is 0. The minimum Gasteiger partial charge on any atom is -0.356 e. The van der Waals surface area contributed by atoms with Gasteiger partial charge in [-0.05, 0) is 43.5 Å². The van der Waals surface area contributed by atoms with Crippen LogP contribution < -0.4 is 5.32 Å². The van der Waals surface area contributed by atoms with E-state index in [-0.39, 0.29) is 11.7 Å². The van der Waals surface area contributed by atoms with Gasteiger partial charge in [-0.2, -0.15) is 0 Å². The van der Waals surface area contributed by atoms with Crippen LogP contribution in [-0.4, -0.2) is 16.7 Å². The standard InChI is InChI=1S/C17H20N2O2/c1-3-4-5-13-6-8-15(9-7-13)19-17(21)16-10-14(11-18-16)12(2)20/h6-11,18H,3-5H2,1-2H3,(H,19,21). The summed E-state index contributed by atoms with van der Waals surface area (Å²) in [4.78, 5) is 26.1. The summed E-state index contributed by atoms with van der Waals surface area (Å²) in [5.74, 6) is -0.311. The normalized spacial score (nSPS) is 10.4. The summed E-state index contributed by atoms with van der Waals surface area (Å²) in [6.07, 6.45) is 4.94. The van der Waals surface area contributed by atoms with E-state index in [1.54, 1.807) is 12.3 Å². The Morgan fingerprint density at radius 1 is 1.19 bits per heavy atom. The fourth-order valence-electron chi connectivity index (χ4n) is 2.06. The molecule has 1 amide bonds. The van der Waals surface area contributed by atoms with Crippen molar-refractivity contribution < 1.29 is 9.59 Å². The zero-order valence-electron chi connectivity index (χ0n) is 12.4. The maximum Gasteiger partial charge on any atom is 0.272 e. The molecule has 1 aromatic heterocycles. The van der Waals surface area contributed by atoms with Crippen molar-refractivity contribution in [2.24, 2.45) is 0 Å². The Bertz CT molecular complexity index is 626. The smallest absolute Gasteiger partial charge is 0.272 e. The largest absolute Gasteiger partial charge is 0.356 e. The third-order valence-corrected chi connectivity index (χ3v) is 3.36. The van der Waals surface area contributed by atoms with Crippen LogP contribution in [0.15, 0.2) is 36.5 Å². The molecule has 2 rings (SSSR count). The summed E-state index contributed by atoms with van der Waals surface area (Å²) in [5.41, 5.74) is 2.91. The van der Waals surface area contributed by atoms with Gasteiger partial charge in [-0.15, -0.1) is 0 Å². The van der Waals surface area contributed by atoms with Crippen molar-refractivity contribution in [2.45, 2.75) is 33.1 Å². The lowest BCUT2D eigenvalue weighted by Gasteiger charge is -2.05. The molecule has 4 nitrogen and oxygen atoms in total. The van der Waals surface area contributed by atoms with Crippen LogP contribution in [0.2, 0.25) is 0 Å². The van der Waals surface area contributed by atoms with Gasteiger partial charge in [0.2, 0.25) is 0 Å². The van der Waals surface area contributed by atoms with Gasteiger partial charge in [0.25, 0.3) is 5.91 Å². The van der Waals surface area contributed by atoms with Gasteiger partial charge in [-0.25, -0.2) is 0 Å². The Morgan fingerprint density at radius 3 is 2.48 bits per heavy atom. The Morgan fingerprint density at radius 2 is 1.90 bits per heavy atom. The molecule has 0 unspecified atom stereocenters. The second-order valence-corrected chi connectivity index (χ2v) is 5.11. The molecule has 1 aromatic carbocycles. The molecule has 0 atom stereocenters. The SMILES string of the molecule is CCCCc1ccc(NC(=O)c2cc(C(C)=O)c[nH]2)cc1.